The Morgan fingerprint density at radius 2 is 1.74 bits per heavy atom. The molecule has 0 aliphatic carbocycles. The van der Waals surface area contributed by atoms with E-state index in [1.54, 1.807) is 0 Å². The molecule has 1 atom stereocenters. The Kier molecular flexibility index (Phi) is 6.38. The number of amides is 1. The minimum absolute atomic E-state index is 0.0692. The van der Waals surface area contributed by atoms with E-state index in [1.807, 2.05) is 59.5 Å². The van der Waals surface area contributed by atoms with Crippen molar-refractivity contribution in [3.8, 4) is 17.1 Å². The van der Waals surface area contributed by atoms with Gasteiger partial charge in [-0.05, 0) is 48.7 Å². The van der Waals surface area contributed by atoms with E-state index in [-0.39, 0.29) is 11.8 Å². The monoisotopic (exact) mass is 453 g/mol. The molecule has 1 fully saturated rings. The van der Waals surface area contributed by atoms with Crippen LogP contribution in [0.15, 0.2) is 83.4 Å². The van der Waals surface area contributed by atoms with Gasteiger partial charge in [-0.2, -0.15) is 4.98 Å². The fourth-order valence-electron chi connectivity index (χ4n) is 4.13. The Labute approximate surface area is 199 Å². The molecule has 1 aromatic heterocycles. The maximum absolute atomic E-state index is 12.5. The quantitative estimate of drug-likeness (QED) is 0.368. The van der Waals surface area contributed by atoms with Gasteiger partial charge in [0.05, 0.1) is 5.92 Å². The van der Waals surface area contributed by atoms with Crippen molar-refractivity contribution in [2.24, 2.45) is 0 Å². The predicted molar refractivity (Wildman–Crippen MR) is 129 cm³/mol. The molecule has 172 valence electrons. The number of nitrogens with zero attached hydrogens (tertiary/aromatic N) is 3. The number of rotatable bonds is 8. The van der Waals surface area contributed by atoms with Crippen molar-refractivity contribution >= 4 is 5.91 Å². The lowest BCUT2D eigenvalue weighted by atomic mass is 10.1. The van der Waals surface area contributed by atoms with E-state index in [9.17, 15) is 4.79 Å². The van der Waals surface area contributed by atoms with E-state index in [0.29, 0.717) is 37.8 Å². The second-order valence-electron chi connectivity index (χ2n) is 8.73. The number of benzene rings is 3. The lowest BCUT2D eigenvalue weighted by molar-refractivity contribution is -0.127. The Morgan fingerprint density at radius 1 is 0.971 bits per heavy atom. The lowest BCUT2D eigenvalue weighted by Crippen LogP contribution is -2.27. The van der Waals surface area contributed by atoms with Gasteiger partial charge in [-0.1, -0.05) is 65.3 Å². The second kappa shape index (κ2) is 9.91. The molecule has 34 heavy (non-hydrogen) atoms. The van der Waals surface area contributed by atoms with Gasteiger partial charge in [-0.15, -0.1) is 0 Å². The predicted octanol–water partition coefficient (Wildman–Crippen LogP) is 5.18. The largest absolute Gasteiger partial charge is 0.489 e. The van der Waals surface area contributed by atoms with Crippen LogP contribution < -0.4 is 4.74 Å². The first-order valence-electron chi connectivity index (χ1n) is 11.6. The summed E-state index contributed by atoms with van der Waals surface area (Å²) < 4.78 is 11.4. The molecule has 1 saturated heterocycles. The summed E-state index contributed by atoms with van der Waals surface area (Å²) in [4.78, 5) is 19.0. The molecular formula is C28H27N3O3. The second-order valence-corrected chi connectivity index (χ2v) is 8.73. The standard InChI is InChI=1S/C28H27N3O3/c1-20-7-9-21(10-8-20)15-16-31-18-24(17-26(31)32)28-29-27(30-34-28)23-11-13-25(14-12-23)33-19-22-5-3-2-4-6-22/h2-14,24H,15-19H2,1H3. The molecular weight excluding hydrogens is 426 g/mol. The first-order chi connectivity index (χ1) is 16.6. The SMILES string of the molecule is Cc1ccc(CCN2CC(c3nc(-c4ccc(OCc5ccccc5)cc4)no3)CC2=O)cc1. The molecule has 4 aromatic rings. The molecule has 0 radical (unpaired) electrons. The number of ether oxygens (including phenoxy) is 1. The van der Waals surface area contributed by atoms with E-state index in [1.165, 1.54) is 11.1 Å². The number of carbonyl (C=O) groups excluding carboxylic acids is 1. The minimum atomic E-state index is -0.0692. The normalized spacial score (nSPS) is 15.6. The van der Waals surface area contributed by atoms with Gasteiger partial charge in [0.15, 0.2) is 0 Å². The van der Waals surface area contributed by atoms with Crippen LogP contribution in [0.25, 0.3) is 11.4 Å². The lowest BCUT2D eigenvalue weighted by Gasteiger charge is -2.15. The third-order valence-electron chi connectivity index (χ3n) is 6.16. The zero-order chi connectivity index (χ0) is 23.3. The van der Waals surface area contributed by atoms with Crippen LogP contribution in [-0.2, 0) is 17.8 Å². The summed E-state index contributed by atoms with van der Waals surface area (Å²) in [6.07, 6.45) is 1.24. The summed E-state index contributed by atoms with van der Waals surface area (Å²) in [6.45, 7) is 3.90. The zero-order valence-electron chi connectivity index (χ0n) is 19.2. The van der Waals surface area contributed by atoms with Crippen molar-refractivity contribution in [2.45, 2.75) is 32.3 Å². The van der Waals surface area contributed by atoms with Crippen LogP contribution >= 0.6 is 0 Å². The molecule has 6 heteroatoms. The van der Waals surface area contributed by atoms with Crippen LogP contribution in [0.5, 0.6) is 5.75 Å². The van der Waals surface area contributed by atoms with Gasteiger partial charge in [0.25, 0.3) is 0 Å². The third kappa shape index (κ3) is 5.17. The van der Waals surface area contributed by atoms with Gasteiger partial charge >= 0.3 is 0 Å². The fourth-order valence-corrected chi connectivity index (χ4v) is 4.13. The number of hydrogen-bond donors (Lipinski definition) is 0. The van der Waals surface area contributed by atoms with Crippen LogP contribution in [0.3, 0.4) is 0 Å². The Morgan fingerprint density at radius 3 is 2.50 bits per heavy atom. The molecule has 2 heterocycles. The highest BCUT2D eigenvalue weighted by Crippen LogP contribution is 2.29. The topological polar surface area (TPSA) is 68.5 Å². The maximum atomic E-state index is 12.5. The van der Waals surface area contributed by atoms with E-state index in [2.05, 4.69) is 41.3 Å². The molecule has 3 aromatic carbocycles. The molecule has 0 N–H and O–H groups in total. The van der Waals surface area contributed by atoms with Crippen molar-refractivity contribution in [1.29, 1.82) is 0 Å². The molecule has 0 saturated carbocycles. The highest BCUT2D eigenvalue weighted by atomic mass is 16.5. The zero-order valence-corrected chi connectivity index (χ0v) is 19.2. The van der Waals surface area contributed by atoms with Crippen LogP contribution in [0.2, 0.25) is 0 Å². The summed E-state index contributed by atoms with van der Waals surface area (Å²) in [7, 11) is 0. The summed E-state index contributed by atoms with van der Waals surface area (Å²) in [5, 5.41) is 4.15. The number of hydrogen-bond acceptors (Lipinski definition) is 5. The molecule has 5 rings (SSSR count). The van der Waals surface area contributed by atoms with Crippen LogP contribution in [0.4, 0.5) is 0 Å². The Hall–Kier alpha value is -3.93. The summed E-state index contributed by atoms with van der Waals surface area (Å²) in [6, 6.07) is 26.1. The van der Waals surface area contributed by atoms with Crippen LogP contribution in [-0.4, -0.2) is 34.0 Å². The highest BCUT2D eigenvalue weighted by Gasteiger charge is 2.34. The molecule has 0 spiro atoms. The number of aromatic nitrogens is 2. The number of likely N-dealkylation sites (tertiary alicyclic amines) is 1. The summed E-state index contributed by atoms with van der Waals surface area (Å²) in [5.41, 5.74) is 4.44. The average Bonchev–Trinajstić information content (AvgIpc) is 3.50. The Balaban J connectivity index is 1.17. The van der Waals surface area contributed by atoms with E-state index < -0.39 is 0 Å². The van der Waals surface area contributed by atoms with Gasteiger partial charge in [-0.3, -0.25) is 4.79 Å². The van der Waals surface area contributed by atoms with E-state index in [4.69, 9.17) is 9.26 Å². The minimum Gasteiger partial charge on any atom is -0.489 e. The van der Waals surface area contributed by atoms with E-state index in [0.717, 1.165) is 23.3 Å². The van der Waals surface area contributed by atoms with Crippen molar-refractivity contribution in [2.75, 3.05) is 13.1 Å². The van der Waals surface area contributed by atoms with Crippen molar-refractivity contribution in [3.63, 3.8) is 0 Å². The molecule has 1 unspecified atom stereocenters. The first-order valence-corrected chi connectivity index (χ1v) is 11.6. The number of aryl methyl sites for hydroxylation is 1. The average molecular weight is 454 g/mol. The molecule has 1 aliphatic rings. The first kappa shape index (κ1) is 21.9. The molecule has 1 amide bonds. The van der Waals surface area contributed by atoms with Crippen molar-refractivity contribution in [3.05, 3.63) is 101 Å². The van der Waals surface area contributed by atoms with Crippen molar-refractivity contribution < 1.29 is 14.1 Å². The molecule has 0 bridgehead atoms. The van der Waals surface area contributed by atoms with Crippen molar-refractivity contribution in [1.82, 2.24) is 15.0 Å². The van der Waals surface area contributed by atoms with E-state index >= 15 is 0 Å². The molecule has 1 aliphatic heterocycles. The van der Waals surface area contributed by atoms with Crippen LogP contribution in [0.1, 0.15) is 34.9 Å². The summed E-state index contributed by atoms with van der Waals surface area (Å²) in [5.74, 6) is 1.89. The maximum Gasteiger partial charge on any atom is 0.232 e. The highest BCUT2D eigenvalue weighted by molar-refractivity contribution is 5.79. The van der Waals surface area contributed by atoms with Gasteiger partial charge < -0.3 is 14.2 Å². The van der Waals surface area contributed by atoms with Gasteiger partial charge in [0, 0.05) is 25.1 Å². The fraction of sp³-hybridized carbons (Fsp3) is 0.250. The smallest absolute Gasteiger partial charge is 0.232 e. The van der Waals surface area contributed by atoms with Gasteiger partial charge in [0.2, 0.25) is 17.6 Å². The van der Waals surface area contributed by atoms with Gasteiger partial charge in [0.1, 0.15) is 12.4 Å². The Bertz CT molecular complexity index is 1230. The van der Waals surface area contributed by atoms with Gasteiger partial charge in [-0.25, -0.2) is 0 Å². The summed E-state index contributed by atoms with van der Waals surface area (Å²) >= 11 is 0. The third-order valence-corrected chi connectivity index (χ3v) is 6.16. The van der Waals surface area contributed by atoms with Crippen LogP contribution in [0, 0.1) is 6.92 Å². The molecule has 6 nitrogen and oxygen atoms in total. The number of carbonyl (C=O) groups is 1.